The van der Waals surface area contributed by atoms with E-state index in [1.54, 1.807) is 29.6 Å². The van der Waals surface area contributed by atoms with E-state index >= 15 is 0 Å². The van der Waals surface area contributed by atoms with Crippen molar-refractivity contribution in [1.29, 1.82) is 5.26 Å². The molecule has 0 unspecified atom stereocenters. The molecule has 3 aromatic heterocycles. The van der Waals surface area contributed by atoms with E-state index in [0.717, 1.165) is 22.0 Å². The molecule has 1 aliphatic heterocycles. The molecule has 4 heterocycles. The number of aromatic nitrogens is 4. The van der Waals surface area contributed by atoms with Crippen molar-refractivity contribution < 1.29 is 14.3 Å². The van der Waals surface area contributed by atoms with E-state index in [0.29, 0.717) is 42.1 Å². The number of ether oxygens (including phenoxy) is 2. The van der Waals surface area contributed by atoms with Crippen LogP contribution in [-0.4, -0.2) is 63.2 Å². The lowest BCUT2D eigenvalue weighted by Crippen LogP contribution is -2.50. The maximum atomic E-state index is 13.2. The highest BCUT2D eigenvalue weighted by molar-refractivity contribution is 5.98. The summed E-state index contributed by atoms with van der Waals surface area (Å²) in [6.07, 6.45) is 6.43. The van der Waals surface area contributed by atoms with Crippen molar-refractivity contribution in [2.75, 3.05) is 26.8 Å². The Labute approximate surface area is 208 Å². The van der Waals surface area contributed by atoms with Crippen molar-refractivity contribution >= 4 is 16.8 Å². The summed E-state index contributed by atoms with van der Waals surface area (Å²) in [7, 11) is 1.48. The average molecular weight is 481 g/mol. The van der Waals surface area contributed by atoms with Crippen LogP contribution in [0.5, 0.6) is 5.88 Å². The Morgan fingerprint density at radius 1 is 1.08 bits per heavy atom. The van der Waals surface area contributed by atoms with Gasteiger partial charge in [0, 0.05) is 48.2 Å². The molecule has 9 heteroatoms. The fourth-order valence-electron chi connectivity index (χ4n) is 4.38. The predicted molar refractivity (Wildman–Crippen MR) is 133 cm³/mol. The molecular weight excluding hydrogens is 456 g/mol. The summed E-state index contributed by atoms with van der Waals surface area (Å²) in [6.45, 7) is 5.50. The molecule has 9 nitrogen and oxygen atoms in total. The first-order valence-corrected chi connectivity index (χ1v) is 11.5. The summed E-state index contributed by atoms with van der Waals surface area (Å²) in [5.41, 5.74) is 4.18. The van der Waals surface area contributed by atoms with E-state index in [9.17, 15) is 10.1 Å². The highest BCUT2D eigenvalue weighted by atomic mass is 16.5. The molecule has 5 rings (SSSR count). The fourth-order valence-corrected chi connectivity index (χ4v) is 4.38. The lowest BCUT2D eigenvalue weighted by atomic mass is 10.0. The van der Waals surface area contributed by atoms with Crippen LogP contribution < -0.4 is 4.74 Å². The Morgan fingerprint density at radius 2 is 1.94 bits per heavy atom. The minimum atomic E-state index is -0.389. The zero-order chi connectivity index (χ0) is 25.3. The molecule has 1 fully saturated rings. The molecule has 0 radical (unpaired) electrons. The third kappa shape index (κ3) is 4.46. The molecule has 0 spiro atoms. The number of rotatable bonds is 4. The predicted octanol–water partition coefficient (Wildman–Crippen LogP) is 3.89. The van der Waals surface area contributed by atoms with Gasteiger partial charge in [-0.2, -0.15) is 5.26 Å². The molecule has 0 atom stereocenters. The summed E-state index contributed by atoms with van der Waals surface area (Å²) in [5, 5.41) is 10.2. The van der Waals surface area contributed by atoms with Crippen LogP contribution in [0.15, 0.2) is 55.2 Å². The van der Waals surface area contributed by atoms with Gasteiger partial charge in [0.2, 0.25) is 5.88 Å². The summed E-state index contributed by atoms with van der Waals surface area (Å²) < 4.78 is 10.9. The highest BCUT2D eigenvalue weighted by Crippen LogP contribution is 2.31. The van der Waals surface area contributed by atoms with E-state index in [1.165, 1.54) is 13.4 Å². The quantitative estimate of drug-likeness (QED) is 0.432. The van der Waals surface area contributed by atoms with Gasteiger partial charge in [-0.25, -0.2) is 15.0 Å². The summed E-state index contributed by atoms with van der Waals surface area (Å²) in [6, 6.07) is 11.4. The molecule has 1 aliphatic rings. The molecule has 36 heavy (non-hydrogen) atoms. The van der Waals surface area contributed by atoms with Gasteiger partial charge < -0.3 is 14.4 Å². The number of nitriles is 1. The Hall–Kier alpha value is -4.42. The number of nitrogens with zero attached hydrogens (tertiary/aromatic N) is 6. The number of hydrogen-bond acceptors (Lipinski definition) is 8. The molecule has 1 saturated heterocycles. The van der Waals surface area contributed by atoms with Crippen molar-refractivity contribution in [2.45, 2.75) is 19.4 Å². The van der Waals surface area contributed by atoms with Gasteiger partial charge in [-0.1, -0.05) is 6.07 Å². The van der Waals surface area contributed by atoms with Crippen LogP contribution >= 0.6 is 0 Å². The van der Waals surface area contributed by atoms with Gasteiger partial charge in [-0.05, 0) is 43.7 Å². The number of carbonyl (C=O) groups is 1. The minimum Gasteiger partial charge on any atom is -0.480 e. The first-order chi connectivity index (χ1) is 17.4. The van der Waals surface area contributed by atoms with E-state index in [2.05, 4.69) is 26.0 Å². The molecule has 0 saturated carbocycles. The third-order valence-corrected chi connectivity index (χ3v) is 6.11. The average Bonchev–Trinajstić information content (AvgIpc) is 2.91. The Bertz CT molecular complexity index is 1510. The van der Waals surface area contributed by atoms with E-state index < -0.39 is 0 Å². The minimum absolute atomic E-state index is 0.0897. The number of benzene rings is 1. The Kier molecular flexibility index (Phi) is 6.04. The lowest BCUT2D eigenvalue weighted by molar-refractivity contribution is -0.0764. The van der Waals surface area contributed by atoms with E-state index in [1.807, 2.05) is 38.1 Å². The van der Waals surface area contributed by atoms with Gasteiger partial charge in [0.15, 0.2) is 0 Å². The smallest absolute Gasteiger partial charge is 0.255 e. The van der Waals surface area contributed by atoms with Crippen LogP contribution in [-0.2, 0) is 4.74 Å². The molecule has 1 aromatic carbocycles. The standard InChI is InChI=1S/C27H24N6O3/c1-27(2)15-33(6-7-36-27)26(34)21-9-20(12-29-13-21)24-22-10-17(4-5-23(22)31-16-32-24)19-8-18(11-28)25(35-3)30-14-19/h4-5,8-10,12-14,16H,6-7,15H2,1-3H3. The van der Waals surface area contributed by atoms with E-state index in [4.69, 9.17) is 9.47 Å². The highest BCUT2D eigenvalue weighted by Gasteiger charge is 2.30. The molecule has 0 bridgehead atoms. The second kappa shape index (κ2) is 9.32. The first kappa shape index (κ1) is 23.3. The third-order valence-electron chi connectivity index (χ3n) is 6.11. The molecule has 0 N–H and O–H groups in total. The topological polar surface area (TPSA) is 114 Å². The normalized spacial score (nSPS) is 14.9. The number of carbonyl (C=O) groups excluding carboxylic acids is 1. The van der Waals surface area contributed by atoms with Crippen molar-refractivity contribution in [3.8, 4) is 34.3 Å². The largest absolute Gasteiger partial charge is 0.480 e. The maximum absolute atomic E-state index is 13.2. The van der Waals surface area contributed by atoms with Gasteiger partial charge in [0.05, 0.1) is 36.1 Å². The summed E-state index contributed by atoms with van der Waals surface area (Å²) >= 11 is 0. The maximum Gasteiger partial charge on any atom is 0.255 e. The number of fused-ring (bicyclic) bond motifs is 1. The van der Waals surface area contributed by atoms with E-state index in [-0.39, 0.29) is 17.4 Å². The summed E-state index contributed by atoms with van der Waals surface area (Å²) in [5.74, 6) is 0.190. The monoisotopic (exact) mass is 480 g/mol. The zero-order valence-corrected chi connectivity index (χ0v) is 20.2. The van der Waals surface area contributed by atoms with Crippen molar-refractivity contribution in [3.63, 3.8) is 0 Å². The van der Waals surface area contributed by atoms with Crippen LogP contribution in [0, 0.1) is 11.3 Å². The Morgan fingerprint density at radius 3 is 2.72 bits per heavy atom. The molecule has 180 valence electrons. The number of hydrogen-bond donors (Lipinski definition) is 0. The van der Waals surface area contributed by atoms with Crippen LogP contribution in [0.4, 0.5) is 0 Å². The fraction of sp³-hybridized carbons (Fsp3) is 0.259. The van der Waals surface area contributed by atoms with Crippen molar-refractivity contribution in [3.05, 3.63) is 66.4 Å². The van der Waals surface area contributed by atoms with Gasteiger partial charge in [-0.15, -0.1) is 0 Å². The molecule has 4 aromatic rings. The van der Waals surface area contributed by atoms with Gasteiger partial charge in [0.1, 0.15) is 18.0 Å². The molecule has 1 amide bonds. The first-order valence-electron chi connectivity index (χ1n) is 11.5. The zero-order valence-electron chi connectivity index (χ0n) is 20.2. The van der Waals surface area contributed by atoms with Gasteiger partial charge in [0.25, 0.3) is 5.91 Å². The van der Waals surface area contributed by atoms with Crippen molar-refractivity contribution in [1.82, 2.24) is 24.8 Å². The second-order valence-corrected chi connectivity index (χ2v) is 9.14. The van der Waals surface area contributed by atoms with Crippen LogP contribution in [0.2, 0.25) is 0 Å². The van der Waals surface area contributed by atoms with Crippen LogP contribution in [0.3, 0.4) is 0 Å². The summed E-state index contributed by atoms with van der Waals surface area (Å²) in [4.78, 5) is 32.6. The SMILES string of the molecule is COc1ncc(-c2ccc3ncnc(-c4cncc(C(=O)N5CCOC(C)(C)C5)c4)c3c2)cc1C#N. The van der Waals surface area contributed by atoms with Crippen LogP contribution in [0.1, 0.15) is 29.8 Å². The van der Waals surface area contributed by atoms with Gasteiger partial charge >= 0.3 is 0 Å². The van der Waals surface area contributed by atoms with Crippen molar-refractivity contribution in [2.24, 2.45) is 0 Å². The number of methoxy groups -OCH3 is 1. The second-order valence-electron chi connectivity index (χ2n) is 9.14. The number of pyridine rings is 2. The lowest BCUT2D eigenvalue weighted by Gasteiger charge is -2.38. The van der Waals surface area contributed by atoms with Gasteiger partial charge in [-0.3, -0.25) is 9.78 Å². The van der Waals surface area contributed by atoms with Crippen LogP contribution in [0.25, 0.3) is 33.3 Å². The number of morpholine rings is 1. The Balaban J connectivity index is 1.54. The number of amides is 1. The molecule has 0 aliphatic carbocycles. The molecular formula is C27H24N6O3.